The molecule has 2 aromatic carbocycles. The number of carbonyl (C=O) groups excluding carboxylic acids is 2. The van der Waals surface area contributed by atoms with Gasteiger partial charge in [0.15, 0.2) is 6.61 Å². The number of nitrogens with one attached hydrogen (secondary N) is 1. The van der Waals surface area contributed by atoms with Crippen LogP contribution in [0.25, 0.3) is 5.69 Å². The van der Waals surface area contributed by atoms with Crippen LogP contribution in [0.4, 0.5) is 5.82 Å². The van der Waals surface area contributed by atoms with Crippen LogP contribution in [0.1, 0.15) is 38.4 Å². The number of nitrogens with zero attached hydrogens (tertiary/aromatic N) is 2. The molecule has 156 valence electrons. The zero-order valence-corrected chi connectivity index (χ0v) is 17.6. The van der Waals surface area contributed by atoms with E-state index in [2.05, 4.69) is 31.2 Å². The predicted octanol–water partition coefficient (Wildman–Crippen LogP) is 4.28. The fourth-order valence-electron chi connectivity index (χ4n) is 2.89. The van der Waals surface area contributed by atoms with E-state index in [4.69, 9.17) is 4.74 Å². The second kappa shape index (κ2) is 9.39. The van der Waals surface area contributed by atoms with Gasteiger partial charge >= 0.3 is 5.97 Å². The van der Waals surface area contributed by atoms with Crippen molar-refractivity contribution in [2.45, 2.75) is 39.0 Å². The number of aryl methyl sites for hydroxylation is 1. The molecule has 0 radical (unpaired) electrons. The Morgan fingerprint density at radius 3 is 2.27 bits per heavy atom. The van der Waals surface area contributed by atoms with Crippen LogP contribution in [-0.4, -0.2) is 28.3 Å². The Balaban J connectivity index is 1.61. The Morgan fingerprint density at radius 1 is 1.00 bits per heavy atom. The average Bonchev–Trinajstić information content (AvgIpc) is 3.16. The van der Waals surface area contributed by atoms with Gasteiger partial charge in [-0.25, -0.2) is 4.68 Å². The third-order valence-corrected chi connectivity index (χ3v) is 4.57. The number of anilines is 1. The lowest BCUT2D eigenvalue weighted by atomic mass is 9.92. The predicted molar refractivity (Wildman–Crippen MR) is 117 cm³/mol. The highest BCUT2D eigenvalue weighted by Gasteiger charge is 2.21. The lowest BCUT2D eigenvalue weighted by Gasteiger charge is -2.14. The third-order valence-electron chi connectivity index (χ3n) is 4.57. The van der Waals surface area contributed by atoms with Crippen LogP contribution in [-0.2, 0) is 26.2 Å². The summed E-state index contributed by atoms with van der Waals surface area (Å²) in [6.07, 6.45) is 0.810. The standard InChI is InChI=1S/C24H27N3O3/c1-24(2,3)20-16-21(27(26-20)19-12-8-5-9-13-19)25-22(28)17-30-23(29)15-14-18-10-6-4-7-11-18/h4-13,16H,14-15,17H2,1-3H3,(H,25,28). The molecule has 0 spiro atoms. The highest BCUT2D eigenvalue weighted by Crippen LogP contribution is 2.26. The topological polar surface area (TPSA) is 73.2 Å². The van der Waals surface area contributed by atoms with Gasteiger partial charge in [-0.15, -0.1) is 0 Å². The van der Waals surface area contributed by atoms with Crippen LogP contribution in [0.15, 0.2) is 66.7 Å². The maximum Gasteiger partial charge on any atom is 0.306 e. The first-order valence-corrected chi connectivity index (χ1v) is 9.98. The molecule has 0 aliphatic carbocycles. The smallest absolute Gasteiger partial charge is 0.306 e. The molecule has 0 aliphatic rings. The van der Waals surface area contributed by atoms with Gasteiger partial charge in [0.25, 0.3) is 5.91 Å². The van der Waals surface area contributed by atoms with E-state index >= 15 is 0 Å². The highest BCUT2D eigenvalue weighted by molar-refractivity contribution is 5.92. The maximum absolute atomic E-state index is 12.4. The molecule has 3 rings (SSSR count). The van der Waals surface area contributed by atoms with E-state index in [1.807, 2.05) is 66.7 Å². The molecule has 1 aromatic heterocycles. The number of benzene rings is 2. The van der Waals surface area contributed by atoms with Gasteiger partial charge in [0, 0.05) is 17.9 Å². The molecule has 0 saturated carbocycles. The van der Waals surface area contributed by atoms with Crippen molar-refractivity contribution < 1.29 is 14.3 Å². The fourth-order valence-corrected chi connectivity index (χ4v) is 2.89. The van der Waals surface area contributed by atoms with Gasteiger partial charge in [0.1, 0.15) is 5.82 Å². The SMILES string of the molecule is CC(C)(C)c1cc(NC(=O)COC(=O)CCc2ccccc2)n(-c2ccccc2)n1. The number of hydrogen-bond donors (Lipinski definition) is 1. The number of amides is 1. The Hall–Kier alpha value is -3.41. The van der Waals surface area contributed by atoms with Crippen molar-refractivity contribution in [2.24, 2.45) is 0 Å². The van der Waals surface area contributed by atoms with E-state index in [0.29, 0.717) is 12.2 Å². The van der Waals surface area contributed by atoms with Crippen molar-refractivity contribution in [3.8, 4) is 5.69 Å². The Bertz CT molecular complexity index is 990. The molecule has 0 aliphatic heterocycles. The van der Waals surface area contributed by atoms with Gasteiger partial charge in [0.05, 0.1) is 11.4 Å². The summed E-state index contributed by atoms with van der Waals surface area (Å²) in [7, 11) is 0. The number of rotatable bonds is 7. The minimum atomic E-state index is -0.402. The average molecular weight is 405 g/mol. The summed E-state index contributed by atoms with van der Waals surface area (Å²) in [6.45, 7) is 5.85. The van der Waals surface area contributed by atoms with Gasteiger partial charge in [-0.05, 0) is 24.1 Å². The molecular weight excluding hydrogens is 378 g/mol. The normalized spacial score (nSPS) is 11.2. The van der Waals surface area contributed by atoms with Gasteiger partial charge in [-0.2, -0.15) is 5.10 Å². The van der Waals surface area contributed by atoms with Crippen molar-refractivity contribution in [2.75, 3.05) is 11.9 Å². The monoisotopic (exact) mass is 405 g/mol. The molecule has 1 amide bonds. The number of aromatic nitrogens is 2. The summed E-state index contributed by atoms with van der Waals surface area (Å²) in [5.74, 6) is -0.266. The lowest BCUT2D eigenvalue weighted by Crippen LogP contribution is -2.22. The number of ether oxygens (including phenoxy) is 1. The summed E-state index contributed by atoms with van der Waals surface area (Å²) in [5, 5.41) is 7.47. The van der Waals surface area contributed by atoms with Crippen LogP contribution in [0.2, 0.25) is 0 Å². The van der Waals surface area contributed by atoms with Crippen molar-refractivity contribution >= 4 is 17.7 Å². The van der Waals surface area contributed by atoms with Crippen LogP contribution in [0.3, 0.4) is 0 Å². The van der Waals surface area contributed by atoms with Crippen LogP contribution >= 0.6 is 0 Å². The van der Waals surface area contributed by atoms with Crippen LogP contribution in [0, 0.1) is 0 Å². The summed E-state index contributed by atoms with van der Waals surface area (Å²) < 4.78 is 6.83. The number of esters is 1. The van der Waals surface area contributed by atoms with Crippen molar-refractivity contribution in [1.82, 2.24) is 9.78 Å². The molecule has 0 bridgehead atoms. The third kappa shape index (κ3) is 5.80. The second-order valence-corrected chi connectivity index (χ2v) is 8.11. The minimum absolute atomic E-state index is 0.177. The molecule has 0 atom stereocenters. The quantitative estimate of drug-likeness (QED) is 0.596. The molecule has 1 N–H and O–H groups in total. The zero-order valence-electron chi connectivity index (χ0n) is 17.6. The van der Waals surface area contributed by atoms with E-state index < -0.39 is 11.9 Å². The molecule has 30 heavy (non-hydrogen) atoms. The summed E-state index contributed by atoms with van der Waals surface area (Å²) in [5.41, 5.74) is 2.56. The van der Waals surface area contributed by atoms with Crippen molar-refractivity contribution in [3.63, 3.8) is 0 Å². The molecule has 3 aromatic rings. The van der Waals surface area contributed by atoms with Gasteiger partial charge in [-0.1, -0.05) is 69.3 Å². The van der Waals surface area contributed by atoms with E-state index in [0.717, 1.165) is 16.9 Å². The van der Waals surface area contributed by atoms with Crippen LogP contribution in [0.5, 0.6) is 0 Å². The molecule has 0 saturated heterocycles. The molecule has 6 nitrogen and oxygen atoms in total. The molecule has 0 unspecified atom stereocenters. The first-order valence-electron chi connectivity index (χ1n) is 9.98. The summed E-state index contributed by atoms with van der Waals surface area (Å²) in [4.78, 5) is 24.4. The number of carbonyl (C=O) groups is 2. The number of para-hydroxylation sites is 1. The summed E-state index contributed by atoms with van der Waals surface area (Å²) in [6, 6.07) is 21.1. The summed E-state index contributed by atoms with van der Waals surface area (Å²) >= 11 is 0. The van der Waals surface area contributed by atoms with E-state index in [1.165, 1.54) is 0 Å². The largest absolute Gasteiger partial charge is 0.456 e. The number of hydrogen-bond acceptors (Lipinski definition) is 4. The van der Waals surface area contributed by atoms with Crippen LogP contribution < -0.4 is 5.32 Å². The van der Waals surface area contributed by atoms with Gasteiger partial charge < -0.3 is 10.1 Å². The van der Waals surface area contributed by atoms with Crippen molar-refractivity contribution in [3.05, 3.63) is 78.0 Å². The first kappa shape index (κ1) is 21.3. The Morgan fingerprint density at radius 2 is 1.63 bits per heavy atom. The maximum atomic E-state index is 12.4. The second-order valence-electron chi connectivity index (χ2n) is 8.11. The Labute approximate surface area is 176 Å². The Kier molecular flexibility index (Phi) is 6.67. The van der Waals surface area contributed by atoms with E-state index in [-0.39, 0.29) is 18.4 Å². The lowest BCUT2D eigenvalue weighted by molar-refractivity contribution is -0.147. The fraction of sp³-hybridized carbons (Fsp3) is 0.292. The molecular formula is C24H27N3O3. The highest BCUT2D eigenvalue weighted by atomic mass is 16.5. The van der Waals surface area contributed by atoms with Gasteiger partial charge in [0.2, 0.25) is 0 Å². The van der Waals surface area contributed by atoms with E-state index in [9.17, 15) is 9.59 Å². The zero-order chi connectivity index (χ0) is 21.6. The molecule has 6 heteroatoms. The molecule has 0 fully saturated rings. The minimum Gasteiger partial charge on any atom is -0.456 e. The van der Waals surface area contributed by atoms with Crippen molar-refractivity contribution in [1.29, 1.82) is 0 Å². The van der Waals surface area contributed by atoms with E-state index in [1.54, 1.807) is 4.68 Å². The molecule has 1 heterocycles. The first-order chi connectivity index (χ1) is 14.3. The van der Waals surface area contributed by atoms with Gasteiger partial charge in [-0.3, -0.25) is 9.59 Å².